The second-order valence-electron chi connectivity index (χ2n) is 4.43. The van der Waals surface area contributed by atoms with E-state index in [0.717, 1.165) is 22.6 Å². The number of benzene rings is 2. The van der Waals surface area contributed by atoms with E-state index in [4.69, 9.17) is 9.84 Å². The molecule has 3 nitrogen and oxygen atoms in total. The summed E-state index contributed by atoms with van der Waals surface area (Å²) in [5.41, 5.74) is 1.83. The molecule has 0 spiro atoms. The number of aliphatic hydroxyl groups excluding tert-OH is 2. The molecule has 0 aromatic heterocycles. The van der Waals surface area contributed by atoms with E-state index in [9.17, 15) is 5.11 Å². The van der Waals surface area contributed by atoms with E-state index < -0.39 is 6.10 Å². The number of ether oxygens (including phenoxy) is 1. The van der Waals surface area contributed by atoms with Crippen LogP contribution < -0.4 is 4.74 Å². The van der Waals surface area contributed by atoms with Gasteiger partial charge in [-0.1, -0.05) is 30.3 Å². The van der Waals surface area contributed by atoms with Crippen LogP contribution in [-0.4, -0.2) is 16.8 Å². The van der Waals surface area contributed by atoms with Crippen molar-refractivity contribution in [3.05, 3.63) is 59.7 Å². The first-order valence-corrected chi connectivity index (χ1v) is 6.35. The summed E-state index contributed by atoms with van der Waals surface area (Å²) >= 11 is 0. The van der Waals surface area contributed by atoms with Crippen molar-refractivity contribution < 1.29 is 14.9 Å². The number of aliphatic hydroxyl groups is 2. The average molecular weight is 258 g/mol. The average Bonchev–Trinajstić information content (AvgIpc) is 2.42. The molecular weight excluding hydrogens is 240 g/mol. The van der Waals surface area contributed by atoms with Crippen LogP contribution in [0.2, 0.25) is 0 Å². The third-order valence-electron chi connectivity index (χ3n) is 2.94. The van der Waals surface area contributed by atoms with Crippen molar-refractivity contribution in [2.24, 2.45) is 0 Å². The van der Waals surface area contributed by atoms with E-state index in [-0.39, 0.29) is 6.61 Å². The smallest absolute Gasteiger partial charge is 0.130 e. The molecule has 0 aliphatic rings. The van der Waals surface area contributed by atoms with Crippen LogP contribution in [0.25, 0.3) is 0 Å². The predicted octanol–water partition coefficient (Wildman–Crippen LogP) is 3.07. The van der Waals surface area contributed by atoms with Crippen molar-refractivity contribution in [1.82, 2.24) is 0 Å². The first-order valence-electron chi connectivity index (χ1n) is 6.35. The van der Waals surface area contributed by atoms with E-state index in [1.54, 1.807) is 6.92 Å². The van der Waals surface area contributed by atoms with E-state index >= 15 is 0 Å². The lowest BCUT2D eigenvalue weighted by Crippen LogP contribution is -1.95. The summed E-state index contributed by atoms with van der Waals surface area (Å²) in [6.07, 6.45) is 0.0952. The number of rotatable bonds is 5. The van der Waals surface area contributed by atoms with Crippen LogP contribution in [0.15, 0.2) is 48.5 Å². The van der Waals surface area contributed by atoms with Gasteiger partial charge in [-0.25, -0.2) is 0 Å². The fourth-order valence-corrected chi connectivity index (χ4v) is 1.87. The number of hydrogen-bond donors (Lipinski definition) is 2. The minimum absolute atomic E-state index is 0.0985. The van der Waals surface area contributed by atoms with Gasteiger partial charge in [-0.05, 0) is 42.7 Å². The van der Waals surface area contributed by atoms with Crippen LogP contribution in [0.4, 0.5) is 0 Å². The van der Waals surface area contributed by atoms with Crippen molar-refractivity contribution >= 4 is 0 Å². The van der Waals surface area contributed by atoms with Crippen LogP contribution >= 0.6 is 0 Å². The highest BCUT2D eigenvalue weighted by molar-refractivity contribution is 5.38. The lowest BCUT2D eigenvalue weighted by molar-refractivity contribution is 0.199. The van der Waals surface area contributed by atoms with Gasteiger partial charge in [-0.15, -0.1) is 0 Å². The first-order chi connectivity index (χ1) is 9.20. The molecule has 0 amide bonds. The molecular formula is C16H18O3. The molecule has 2 rings (SSSR count). The second-order valence-corrected chi connectivity index (χ2v) is 4.43. The van der Waals surface area contributed by atoms with Crippen molar-refractivity contribution in [3.63, 3.8) is 0 Å². The largest absolute Gasteiger partial charge is 0.457 e. The summed E-state index contributed by atoms with van der Waals surface area (Å²) < 4.78 is 5.80. The van der Waals surface area contributed by atoms with E-state index in [2.05, 4.69) is 0 Å². The van der Waals surface area contributed by atoms with Crippen LogP contribution in [0, 0.1) is 0 Å². The molecule has 0 bridgehead atoms. The van der Waals surface area contributed by atoms with Crippen molar-refractivity contribution in [2.45, 2.75) is 19.4 Å². The molecule has 0 aliphatic carbocycles. The van der Waals surface area contributed by atoms with Gasteiger partial charge in [-0.2, -0.15) is 0 Å². The Bertz CT molecular complexity index is 518. The minimum atomic E-state index is -0.476. The second kappa shape index (κ2) is 6.36. The van der Waals surface area contributed by atoms with Gasteiger partial charge in [-0.3, -0.25) is 0 Å². The van der Waals surface area contributed by atoms with Gasteiger partial charge in [0.05, 0.1) is 6.10 Å². The molecule has 2 aromatic carbocycles. The van der Waals surface area contributed by atoms with Gasteiger partial charge in [0.15, 0.2) is 0 Å². The van der Waals surface area contributed by atoms with Crippen LogP contribution in [0.5, 0.6) is 11.5 Å². The Balaban J connectivity index is 2.16. The van der Waals surface area contributed by atoms with E-state index in [1.165, 1.54) is 0 Å². The molecule has 1 atom stereocenters. The fraction of sp³-hybridized carbons (Fsp3) is 0.250. The summed E-state index contributed by atoms with van der Waals surface area (Å²) in [5, 5.41) is 18.5. The Labute approximate surface area is 113 Å². The molecule has 19 heavy (non-hydrogen) atoms. The predicted molar refractivity (Wildman–Crippen MR) is 74.4 cm³/mol. The monoisotopic (exact) mass is 258 g/mol. The highest BCUT2D eigenvalue weighted by atomic mass is 16.5. The summed E-state index contributed by atoms with van der Waals surface area (Å²) in [6.45, 7) is 1.83. The maximum atomic E-state index is 9.45. The van der Waals surface area contributed by atoms with Gasteiger partial charge in [0.1, 0.15) is 11.5 Å². The summed E-state index contributed by atoms with van der Waals surface area (Å²) in [5.74, 6) is 1.47. The maximum absolute atomic E-state index is 9.45. The van der Waals surface area contributed by atoms with Crippen molar-refractivity contribution in [1.29, 1.82) is 0 Å². The fourth-order valence-electron chi connectivity index (χ4n) is 1.87. The molecule has 100 valence electrons. The lowest BCUT2D eigenvalue weighted by Gasteiger charge is -2.11. The molecule has 1 unspecified atom stereocenters. The van der Waals surface area contributed by atoms with Crippen LogP contribution in [0.3, 0.4) is 0 Å². The standard InChI is InChI=1S/C16H18O3/c1-12(18)13-6-8-15(9-7-13)19-16-5-3-2-4-14(16)10-11-17/h2-9,12,17-18H,10-11H2,1H3. The highest BCUT2D eigenvalue weighted by Crippen LogP contribution is 2.26. The molecule has 3 heteroatoms. The number of para-hydroxylation sites is 1. The van der Waals surface area contributed by atoms with Gasteiger partial charge < -0.3 is 14.9 Å². The summed E-state index contributed by atoms with van der Waals surface area (Å²) in [4.78, 5) is 0. The zero-order valence-electron chi connectivity index (χ0n) is 10.9. The van der Waals surface area contributed by atoms with Gasteiger partial charge in [0, 0.05) is 6.61 Å². The molecule has 0 radical (unpaired) electrons. The molecule has 0 saturated carbocycles. The van der Waals surface area contributed by atoms with E-state index in [0.29, 0.717) is 6.42 Å². The van der Waals surface area contributed by atoms with Crippen molar-refractivity contribution in [2.75, 3.05) is 6.61 Å². The van der Waals surface area contributed by atoms with Gasteiger partial charge in [0.25, 0.3) is 0 Å². The topological polar surface area (TPSA) is 49.7 Å². The van der Waals surface area contributed by atoms with Crippen LogP contribution in [0.1, 0.15) is 24.2 Å². The van der Waals surface area contributed by atoms with Gasteiger partial charge in [0.2, 0.25) is 0 Å². The summed E-state index contributed by atoms with van der Waals surface area (Å²) in [6, 6.07) is 15.0. The third-order valence-corrected chi connectivity index (χ3v) is 2.94. The maximum Gasteiger partial charge on any atom is 0.130 e. The molecule has 0 fully saturated rings. The molecule has 0 saturated heterocycles. The number of hydrogen-bond acceptors (Lipinski definition) is 3. The van der Waals surface area contributed by atoms with E-state index in [1.807, 2.05) is 48.5 Å². The molecule has 0 heterocycles. The first kappa shape index (κ1) is 13.6. The highest BCUT2D eigenvalue weighted by Gasteiger charge is 2.05. The SMILES string of the molecule is CC(O)c1ccc(Oc2ccccc2CCO)cc1. The van der Waals surface area contributed by atoms with Crippen LogP contribution in [-0.2, 0) is 6.42 Å². The molecule has 2 aromatic rings. The summed E-state index contributed by atoms with van der Waals surface area (Å²) in [7, 11) is 0. The zero-order chi connectivity index (χ0) is 13.7. The zero-order valence-corrected chi connectivity index (χ0v) is 10.9. The van der Waals surface area contributed by atoms with Gasteiger partial charge >= 0.3 is 0 Å². The lowest BCUT2D eigenvalue weighted by atomic mass is 10.1. The Hall–Kier alpha value is -1.84. The quantitative estimate of drug-likeness (QED) is 0.866. The third kappa shape index (κ3) is 3.56. The normalized spacial score (nSPS) is 12.2. The minimum Gasteiger partial charge on any atom is -0.457 e. The Morgan fingerprint density at radius 1 is 1.05 bits per heavy atom. The molecule has 0 aliphatic heterocycles. The molecule has 2 N–H and O–H groups in total. The Morgan fingerprint density at radius 3 is 2.37 bits per heavy atom. The Kier molecular flexibility index (Phi) is 4.55. The Morgan fingerprint density at radius 2 is 1.74 bits per heavy atom. The van der Waals surface area contributed by atoms with Crippen molar-refractivity contribution in [3.8, 4) is 11.5 Å².